The van der Waals surface area contributed by atoms with Crippen LogP contribution in [0.2, 0.25) is 0 Å². The average Bonchev–Trinajstić information content (AvgIpc) is 2.69. The number of benzene rings is 2. The highest BCUT2D eigenvalue weighted by atomic mass is 32.2. The van der Waals surface area contributed by atoms with Gasteiger partial charge in [0.2, 0.25) is 15.9 Å². The predicted octanol–water partition coefficient (Wildman–Crippen LogP) is 2.42. The van der Waals surface area contributed by atoms with Crippen molar-refractivity contribution >= 4 is 15.9 Å². The Morgan fingerprint density at radius 2 is 1.67 bits per heavy atom. The summed E-state index contributed by atoms with van der Waals surface area (Å²) in [4.78, 5) is 12.5. The third kappa shape index (κ3) is 6.78. The summed E-state index contributed by atoms with van der Waals surface area (Å²) in [6, 6.07) is 17.4. The fourth-order valence-corrected chi connectivity index (χ4v) is 3.92. The van der Waals surface area contributed by atoms with Crippen molar-refractivity contribution < 1.29 is 17.9 Å². The summed E-state index contributed by atoms with van der Waals surface area (Å²) in [5.74, 6) is -0.332. The van der Waals surface area contributed by atoms with Crippen LogP contribution in [0, 0.1) is 0 Å². The van der Waals surface area contributed by atoms with E-state index in [4.69, 9.17) is 4.74 Å². The van der Waals surface area contributed by atoms with Gasteiger partial charge in [0.1, 0.15) is 0 Å². The Hall–Kier alpha value is -2.22. The van der Waals surface area contributed by atoms with Gasteiger partial charge in [0.15, 0.2) is 0 Å². The Kier molecular flexibility index (Phi) is 8.44. The van der Waals surface area contributed by atoms with Gasteiger partial charge < -0.3 is 10.1 Å². The highest BCUT2D eigenvalue weighted by Gasteiger charge is 2.26. The lowest BCUT2D eigenvalue weighted by molar-refractivity contribution is -0.121. The molecule has 0 fully saturated rings. The SMILES string of the molecule is CCOCCCNC(=O)CN(Cc1ccccc1)S(=O)(=O)c1ccccc1. The van der Waals surface area contributed by atoms with E-state index in [-0.39, 0.29) is 23.9 Å². The molecule has 0 saturated heterocycles. The van der Waals surface area contributed by atoms with Crippen LogP contribution >= 0.6 is 0 Å². The maximum Gasteiger partial charge on any atom is 0.243 e. The van der Waals surface area contributed by atoms with Gasteiger partial charge in [0.25, 0.3) is 0 Å². The number of carbonyl (C=O) groups excluding carboxylic acids is 1. The van der Waals surface area contributed by atoms with Crippen molar-refractivity contribution in [2.75, 3.05) is 26.3 Å². The van der Waals surface area contributed by atoms with E-state index in [9.17, 15) is 13.2 Å². The average molecular weight is 391 g/mol. The Balaban J connectivity index is 2.09. The lowest BCUT2D eigenvalue weighted by atomic mass is 10.2. The van der Waals surface area contributed by atoms with Gasteiger partial charge in [-0.2, -0.15) is 4.31 Å². The summed E-state index contributed by atoms with van der Waals surface area (Å²) >= 11 is 0. The molecule has 0 radical (unpaired) electrons. The monoisotopic (exact) mass is 390 g/mol. The Labute approximate surface area is 161 Å². The quantitative estimate of drug-likeness (QED) is 0.598. The fraction of sp³-hybridized carbons (Fsp3) is 0.350. The number of nitrogens with one attached hydrogen (secondary N) is 1. The molecule has 2 aromatic rings. The van der Waals surface area contributed by atoms with E-state index >= 15 is 0 Å². The van der Waals surface area contributed by atoms with Crippen LogP contribution < -0.4 is 5.32 Å². The van der Waals surface area contributed by atoms with Crippen molar-refractivity contribution in [1.82, 2.24) is 9.62 Å². The molecule has 2 rings (SSSR count). The number of ether oxygens (including phenoxy) is 1. The van der Waals surface area contributed by atoms with E-state index < -0.39 is 10.0 Å². The number of rotatable bonds is 11. The summed E-state index contributed by atoms with van der Waals surface area (Å²) in [6.45, 7) is 3.45. The minimum Gasteiger partial charge on any atom is -0.382 e. The zero-order valence-corrected chi connectivity index (χ0v) is 16.3. The molecular weight excluding hydrogens is 364 g/mol. The summed E-state index contributed by atoms with van der Waals surface area (Å²) in [5, 5.41) is 2.76. The molecule has 0 saturated carbocycles. The molecule has 6 nitrogen and oxygen atoms in total. The minimum atomic E-state index is -3.79. The number of hydrogen-bond acceptors (Lipinski definition) is 4. The van der Waals surface area contributed by atoms with E-state index in [0.29, 0.717) is 26.2 Å². The molecule has 0 aliphatic rings. The molecule has 0 atom stereocenters. The number of hydrogen-bond donors (Lipinski definition) is 1. The van der Waals surface area contributed by atoms with Crippen molar-refractivity contribution in [3.05, 3.63) is 66.2 Å². The van der Waals surface area contributed by atoms with Gasteiger partial charge in [0.05, 0.1) is 11.4 Å². The molecule has 0 aliphatic carbocycles. The third-order valence-electron chi connectivity index (χ3n) is 3.89. The normalized spacial score (nSPS) is 11.5. The molecule has 7 heteroatoms. The second-order valence-electron chi connectivity index (χ2n) is 5.97. The zero-order chi connectivity index (χ0) is 19.5. The predicted molar refractivity (Wildman–Crippen MR) is 105 cm³/mol. The number of amides is 1. The van der Waals surface area contributed by atoms with E-state index in [1.165, 1.54) is 16.4 Å². The molecule has 0 aromatic heterocycles. The summed E-state index contributed by atoms with van der Waals surface area (Å²) in [7, 11) is -3.79. The first kappa shape index (κ1) is 21.1. The topological polar surface area (TPSA) is 75.7 Å². The molecular formula is C20H26N2O4S. The second kappa shape index (κ2) is 10.8. The zero-order valence-electron chi connectivity index (χ0n) is 15.5. The third-order valence-corrected chi connectivity index (χ3v) is 5.70. The summed E-state index contributed by atoms with van der Waals surface area (Å²) in [6.07, 6.45) is 0.684. The first-order chi connectivity index (χ1) is 13.0. The Morgan fingerprint density at radius 1 is 1.04 bits per heavy atom. The Morgan fingerprint density at radius 3 is 2.30 bits per heavy atom. The highest BCUT2D eigenvalue weighted by Crippen LogP contribution is 2.18. The van der Waals surface area contributed by atoms with E-state index in [0.717, 1.165) is 5.56 Å². The molecule has 1 amide bonds. The van der Waals surface area contributed by atoms with Gasteiger partial charge in [-0.3, -0.25) is 4.79 Å². The van der Waals surface area contributed by atoms with Gasteiger partial charge in [-0.15, -0.1) is 0 Å². The van der Waals surface area contributed by atoms with Crippen LogP contribution in [0.25, 0.3) is 0 Å². The maximum atomic E-state index is 13.0. The van der Waals surface area contributed by atoms with Crippen LogP contribution in [-0.2, 0) is 26.1 Å². The van der Waals surface area contributed by atoms with E-state index in [2.05, 4.69) is 5.32 Å². The summed E-state index contributed by atoms with van der Waals surface area (Å²) < 4.78 is 32.5. The lowest BCUT2D eigenvalue weighted by Crippen LogP contribution is -2.40. The van der Waals surface area contributed by atoms with Crippen molar-refractivity contribution in [2.45, 2.75) is 24.8 Å². The van der Waals surface area contributed by atoms with Crippen LogP contribution in [0.4, 0.5) is 0 Å². The van der Waals surface area contributed by atoms with Crippen molar-refractivity contribution in [2.24, 2.45) is 0 Å². The fourth-order valence-electron chi connectivity index (χ4n) is 2.52. The van der Waals surface area contributed by atoms with Crippen LogP contribution in [0.5, 0.6) is 0 Å². The molecule has 27 heavy (non-hydrogen) atoms. The largest absolute Gasteiger partial charge is 0.382 e. The lowest BCUT2D eigenvalue weighted by Gasteiger charge is -2.22. The van der Waals surface area contributed by atoms with Crippen molar-refractivity contribution in [3.8, 4) is 0 Å². The van der Waals surface area contributed by atoms with Gasteiger partial charge in [-0.05, 0) is 31.0 Å². The standard InChI is InChI=1S/C20H26N2O4S/c1-2-26-15-9-14-21-20(23)17-22(16-18-10-5-3-6-11-18)27(24,25)19-12-7-4-8-13-19/h3-8,10-13H,2,9,14-17H2,1H3,(H,21,23). The first-order valence-electron chi connectivity index (χ1n) is 8.97. The molecule has 146 valence electrons. The second-order valence-corrected chi connectivity index (χ2v) is 7.91. The molecule has 0 unspecified atom stereocenters. The summed E-state index contributed by atoms with van der Waals surface area (Å²) in [5.41, 5.74) is 0.821. The molecule has 0 aliphatic heterocycles. The van der Waals surface area contributed by atoms with E-state index in [1.54, 1.807) is 18.2 Å². The van der Waals surface area contributed by atoms with Crippen LogP contribution in [0.15, 0.2) is 65.6 Å². The number of carbonyl (C=O) groups is 1. The van der Waals surface area contributed by atoms with Crippen molar-refractivity contribution in [1.29, 1.82) is 0 Å². The van der Waals surface area contributed by atoms with Crippen LogP contribution in [-0.4, -0.2) is 44.9 Å². The van der Waals surface area contributed by atoms with E-state index in [1.807, 2.05) is 37.3 Å². The smallest absolute Gasteiger partial charge is 0.243 e. The maximum absolute atomic E-state index is 13.0. The number of nitrogens with zero attached hydrogens (tertiary/aromatic N) is 1. The Bertz CT molecular complexity index is 795. The van der Waals surface area contributed by atoms with Crippen LogP contribution in [0.3, 0.4) is 0 Å². The van der Waals surface area contributed by atoms with Gasteiger partial charge in [-0.25, -0.2) is 8.42 Å². The molecule has 1 N–H and O–H groups in total. The van der Waals surface area contributed by atoms with Gasteiger partial charge >= 0.3 is 0 Å². The molecule has 0 bridgehead atoms. The van der Waals surface area contributed by atoms with Gasteiger partial charge in [-0.1, -0.05) is 48.5 Å². The molecule has 2 aromatic carbocycles. The molecule has 0 heterocycles. The minimum absolute atomic E-state index is 0.129. The first-order valence-corrected chi connectivity index (χ1v) is 10.4. The highest BCUT2D eigenvalue weighted by molar-refractivity contribution is 7.89. The van der Waals surface area contributed by atoms with Gasteiger partial charge in [0, 0.05) is 26.3 Å². The number of sulfonamides is 1. The molecule has 0 spiro atoms. The van der Waals surface area contributed by atoms with Crippen LogP contribution in [0.1, 0.15) is 18.9 Å². The van der Waals surface area contributed by atoms with Crippen molar-refractivity contribution in [3.63, 3.8) is 0 Å².